The maximum absolute atomic E-state index is 11.6. The largest absolute Gasteiger partial charge is 0.524 e. The summed E-state index contributed by atoms with van der Waals surface area (Å²) < 4.78 is 79.5. The molecule has 6 nitrogen and oxygen atoms in total. The van der Waals surface area contributed by atoms with Gasteiger partial charge in [-0.2, -0.15) is 30.0 Å². The summed E-state index contributed by atoms with van der Waals surface area (Å²) in [6, 6.07) is 0. The zero-order valence-corrected chi connectivity index (χ0v) is 9.25. The molecule has 0 unspecified atom stereocenters. The van der Waals surface area contributed by atoms with Crippen LogP contribution < -0.4 is 6.15 Å². The van der Waals surface area contributed by atoms with Crippen molar-refractivity contribution in [3.05, 3.63) is 0 Å². The second-order valence-corrected chi connectivity index (χ2v) is 5.67. The van der Waals surface area contributed by atoms with Gasteiger partial charge < -0.3 is 6.15 Å². The van der Waals surface area contributed by atoms with Gasteiger partial charge in [0.1, 0.15) is 0 Å². The Hall–Kier alpha value is -0.390. The molecule has 0 aliphatic carbocycles. The summed E-state index contributed by atoms with van der Waals surface area (Å²) in [5, 5.41) is 0. The van der Waals surface area contributed by atoms with Gasteiger partial charge >= 0.3 is 15.6 Å². The minimum absolute atomic E-state index is 0. The molecule has 0 saturated carbocycles. The van der Waals surface area contributed by atoms with Gasteiger partial charge in [-0.15, -0.1) is 3.63 Å². The Morgan fingerprint density at radius 3 is 1.80 bits per heavy atom. The average Bonchev–Trinajstić information content (AvgIpc) is 1.80. The minimum Gasteiger partial charge on any atom is -0.344 e. The highest BCUT2D eigenvalue weighted by Crippen LogP contribution is 2.26. The molecule has 0 aliphatic rings. The summed E-state index contributed by atoms with van der Waals surface area (Å²) in [6.07, 6.45) is -0.0459. The van der Waals surface area contributed by atoms with Crippen molar-refractivity contribution in [3.8, 4) is 0 Å². The fraction of sp³-hybridized carbons (Fsp3) is 1.00. The highest BCUT2D eigenvalue weighted by molar-refractivity contribution is 8.00. The third-order valence-electron chi connectivity index (χ3n) is 0.931. The lowest BCUT2D eigenvalue weighted by Gasteiger charge is -2.07. The van der Waals surface area contributed by atoms with Crippen molar-refractivity contribution in [2.75, 3.05) is 5.75 Å². The van der Waals surface area contributed by atoms with Crippen LogP contribution in [0.3, 0.4) is 0 Å². The maximum atomic E-state index is 11.6. The molecule has 0 aromatic rings. The lowest BCUT2D eigenvalue weighted by molar-refractivity contribution is -0.0498. The smallest absolute Gasteiger partial charge is 0.344 e. The van der Waals surface area contributed by atoms with E-state index in [1.807, 2.05) is 0 Å². The van der Waals surface area contributed by atoms with Crippen molar-refractivity contribution in [3.63, 3.8) is 0 Å². The molecule has 0 aromatic carbocycles. The first-order valence-corrected chi connectivity index (χ1v) is 6.25. The van der Waals surface area contributed by atoms with E-state index >= 15 is 0 Å². The van der Waals surface area contributed by atoms with Gasteiger partial charge in [-0.1, -0.05) is 6.92 Å². The molecule has 0 atom stereocenters. The number of halogens is 3. The Morgan fingerprint density at radius 1 is 1.13 bits per heavy atom. The first kappa shape index (κ1) is 17.0. The summed E-state index contributed by atoms with van der Waals surface area (Å²) in [6.45, 7) is 1.35. The number of rotatable bonds is 4. The van der Waals surface area contributed by atoms with E-state index in [1.54, 1.807) is 0 Å². The lowest BCUT2D eigenvalue weighted by Crippen LogP contribution is -2.29. The van der Waals surface area contributed by atoms with Crippen LogP contribution in [0.5, 0.6) is 0 Å². The normalized spacial score (nSPS) is 13.3. The Morgan fingerprint density at radius 2 is 1.53 bits per heavy atom. The van der Waals surface area contributed by atoms with Crippen LogP contribution in [0.15, 0.2) is 0 Å². The van der Waals surface area contributed by atoms with E-state index in [1.165, 1.54) is 6.92 Å². The quantitative estimate of drug-likeness (QED) is 0.756. The number of hydrogen-bond acceptors (Lipinski definition) is 6. The van der Waals surface area contributed by atoms with Gasteiger partial charge in [0.15, 0.2) is 0 Å². The fourth-order valence-corrected chi connectivity index (χ4v) is 2.63. The summed E-state index contributed by atoms with van der Waals surface area (Å²) in [7, 11) is -10.7. The van der Waals surface area contributed by atoms with Gasteiger partial charge in [0, 0.05) is 0 Å². The van der Waals surface area contributed by atoms with E-state index in [9.17, 15) is 30.0 Å². The number of hydrogen-bond donors (Lipinski definition) is 1. The standard InChI is InChI=1S/C4H7F3O5S2.H3N/c1-2-3-13(8,9)12-14(10,11)4(5,6)7;/h2-3H2,1H3;1H3. The molecule has 0 saturated heterocycles. The average molecular weight is 273 g/mol. The molecule has 0 spiro atoms. The summed E-state index contributed by atoms with van der Waals surface area (Å²) in [5.74, 6) is -0.789. The molecular weight excluding hydrogens is 263 g/mol. The van der Waals surface area contributed by atoms with E-state index in [4.69, 9.17) is 0 Å². The van der Waals surface area contributed by atoms with Crippen LogP contribution in [0, 0.1) is 0 Å². The molecule has 0 aromatic heterocycles. The molecule has 11 heteroatoms. The topological polar surface area (TPSA) is 113 Å². The van der Waals surface area contributed by atoms with E-state index < -0.39 is 31.5 Å². The Kier molecular flexibility index (Phi) is 5.78. The molecule has 0 amide bonds. The van der Waals surface area contributed by atoms with Crippen LogP contribution in [-0.2, 0) is 23.9 Å². The van der Waals surface area contributed by atoms with Gasteiger partial charge in [-0.3, -0.25) is 0 Å². The van der Waals surface area contributed by atoms with Crippen molar-refractivity contribution < 1.29 is 33.6 Å². The lowest BCUT2D eigenvalue weighted by atomic mass is 10.6. The second-order valence-electron chi connectivity index (χ2n) is 2.23. The van der Waals surface area contributed by atoms with Crippen LogP contribution in [0.4, 0.5) is 13.2 Å². The Labute approximate surface area is 85.2 Å². The summed E-state index contributed by atoms with van der Waals surface area (Å²) in [5.41, 5.74) is -5.73. The zero-order chi connectivity index (χ0) is 11.6. The van der Waals surface area contributed by atoms with Gasteiger partial charge in [0.05, 0.1) is 5.75 Å². The number of alkyl halides is 3. The van der Waals surface area contributed by atoms with Crippen LogP contribution >= 0.6 is 0 Å². The monoisotopic (exact) mass is 273 g/mol. The predicted octanol–water partition coefficient (Wildman–Crippen LogP) is 0.754. The summed E-state index contributed by atoms with van der Waals surface area (Å²) >= 11 is 0. The molecule has 0 rings (SSSR count). The second kappa shape index (κ2) is 5.09. The first-order valence-electron chi connectivity index (χ1n) is 3.27. The first-order chi connectivity index (χ1) is 6.02. The predicted molar refractivity (Wildman–Crippen MR) is 45.2 cm³/mol. The van der Waals surface area contributed by atoms with Crippen LogP contribution in [-0.4, -0.2) is 28.1 Å². The van der Waals surface area contributed by atoms with Gasteiger partial charge in [0.2, 0.25) is 0 Å². The molecule has 15 heavy (non-hydrogen) atoms. The van der Waals surface area contributed by atoms with Crippen molar-refractivity contribution in [2.45, 2.75) is 18.9 Å². The van der Waals surface area contributed by atoms with E-state index in [0.717, 1.165) is 0 Å². The van der Waals surface area contributed by atoms with Gasteiger partial charge in [-0.25, -0.2) is 0 Å². The maximum Gasteiger partial charge on any atom is 0.524 e. The molecule has 0 radical (unpaired) electrons. The van der Waals surface area contributed by atoms with E-state index in [0.29, 0.717) is 0 Å². The minimum atomic E-state index is -6.07. The van der Waals surface area contributed by atoms with Gasteiger partial charge in [-0.05, 0) is 6.42 Å². The van der Waals surface area contributed by atoms with E-state index in [2.05, 4.69) is 3.63 Å². The van der Waals surface area contributed by atoms with Crippen LogP contribution in [0.2, 0.25) is 0 Å². The zero-order valence-electron chi connectivity index (χ0n) is 7.61. The molecule has 0 aliphatic heterocycles. The van der Waals surface area contributed by atoms with Crippen LogP contribution in [0.25, 0.3) is 0 Å². The van der Waals surface area contributed by atoms with Crippen molar-refractivity contribution in [2.24, 2.45) is 0 Å². The molecule has 0 bridgehead atoms. The van der Waals surface area contributed by atoms with Crippen molar-refractivity contribution >= 4 is 20.2 Å². The highest BCUT2D eigenvalue weighted by Gasteiger charge is 2.50. The highest BCUT2D eigenvalue weighted by atomic mass is 32.3. The van der Waals surface area contributed by atoms with E-state index in [-0.39, 0.29) is 12.6 Å². The molecule has 94 valence electrons. The fourth-order valence-electron chi connectivity index (χ4n) is 0.459. The molecule has 3 N–H and O–H groups in total. The Bertz CT molecular complexity index is 383. The van der Waals surface area contributed by atoms with Crippen molar-refractivity contribution in [1.29, 1.82) is 0 Å². The third-order valence-corrected chi connectivity index (χ3v) is 3.95. The molecular formula is C4H10F3NO5S2. The Balaban J connectivity index is 0. The SMILES string of the molecule is CCCS(=O)(=O)OS(=O)(=O)C(F)(F)F.N. The summed E-state index contributed by atoms with van der Waals surface area (Å²) in [4.78, 5) is 0. The third kappa shape index (κ3) is 5.30. The molecule has 0 fully saturated rings. The van der Waals surface area contributed by atoms with Crippen LogP contribution in [0.1, 0.15) is 13.3 Å². The molecule has 0 heterocycles. The van der Waals surface area contributed by atoms with Crippen molar-refractivity contribution in [1.82, 2.24) is 6.15 Å². The van der Waals surface area contributed by atoms with Gasteiger partial charge in [0.25, 0.3) is 10.1 Å².